The van der Waals surface area contributed by atoms with Gasteiger partial charge < -0.3 is 15.2 Å². The molecule has 2 aromatic carbocycles. The van der Waals surface area contributed by atoms with Gasteiger partial charge in [-0.25, -0.2) is 14.6 Å². The minimum absolute atomic E-state index is 0.189. The van der Waals surface area contributed by atoms with Crippen LogP contribution in [0.1, 0.15) is 20.7 Å². The van der Waals surface area contributed by atoms with Crippen LogP contribution in [0, 0.1) is 0 Å². The molecule has 3 aromatic rings. The van der Waals surface area contributed by atoms with Crippen molar-refractivity contribution in [3.8, 4) is 11.1 Å². The lowest BCUT2D eigenvalue weighted by atomic mass is 9.98. The van der Waals surface area contributed by atoms with E-state index in [9.17, 15) is 23.1 Å². The summed E-state index contributed by atoms with van der Waals surface area (Å²) in [4.78, 5) is 28.7. The fourth-order valence-electron chi connectivity index (χ4n) is 2.44. The predicted molar refractivity (Wildman–Crippen MR) is 85.3 cm³/mol. The van der Waals surface area contributed by atoms with Crippen LogP contribution in [0.5, 0.6) is 0 Å². The summed E-state index contributed by atoms with van der Waals surface area (Å²) in [6.45, 7) is 0. The normalized spacial score (nSPS) is 11.6. The second-order valence-electron chi connectivity index (χ2n) is 5.09. The summed E-state index contributed by atoms with van der Waals surface area (Å²) < 4.78 is 31.6. The molecule has 9 nitrogen and oxygen atoms in total. The van der Waals surface area contributed by atoms with Gasteiger partial charge in [-0.15, -0.1) is 0 Å². The Morgan fingerprint density at radius 2 is 1.68 bits per heavy atom. The van der Waals surface area contributed by atoms with Gasteiger partial charge in [-0.3, -0.25) is 4.55 Å². The molecule has 4 N–H and O–H groups in total. The highest BCUT2D eigenvalue weighted by Gasteiger charge is 2.20. The molecule has 0 saturated carbocycles. The molecule has 0 aliphatic heterocycles. The molecule has 128 valence electrons. The number of carbonyl (C=O) groups is 2. The van der Waals surface area contributed by atoms with Crippen LogP contribution >= 0.6 is 0 Å². The number of carboxylic acid groups (broad SMARTS) is 2. The number of rotatable bonds is 4. The van der Waals surface area contributed by atoms with Gasteiger partial charge in [0.25, 0.3) is 5.16 Å². The van der Waals surface area contributed by atoms with Crippen LogP contribution in [0.2, 0.25) is 0 Å². The topological polar surface area (TPSA) is 158 Å². The van der Waals surface area contributed by atoms with E-state index in [1.54, 1.807) is 12.1 Å². The molecule has 0 aliphatic carbocycles. The second-order valence-corrected chi connectivity index (χ2v) is 6.43. The number of aromatic carboxylic acids is 2. The van der Waals surface area contributed by atoms with Gasteiger partial charge in [0.1, 0.15) is 0 Å². The first-order valence-electron chi connectivity index (χ1n) is 6.75. The summed E-state index contributed by atoms with van der Waals surface area (Å²) in [5, 5.41) is 17.6. The first-order chi connectivity index (χ1) is 11.7. The van der Waals surface area contributed by atoms with Gasteiger partial charge in [0.05, 0.1) is 22.2 Å². The Morgan fingerprint density at radius 1 is 1.00 bits per heavy atom. The summed E-state index contributed by atoms with van der Waals surface area (Å²) >= 11 is 0. The van der Waals surface area contributed by atoms with E-state index in [0.717, 1.165) is 6.07 Å². The number of nitrogens with zero attached hydrogens (tertiary/aromatic N) is 1. The fraction of sp³-hybridized carbons (Fsp3) is 0. The van der Waals surface area contributed by atoms with Gasteiger partial charge in [-0.2, -0.15) is 8.42 Å². The lowest BCUT2D eigenvalue weighted by molar-refractivity contribution is 0.0651. The summed E-state index contributed by atoms with van der Waals surface area (Å²) in [5.74, 6) is -2.79. The van der Waals surface area contributed by atoms with Crippen molar-refractivity contribution in [1.82, 2.24) is 9.97 Å². The molecule has 0 unspecified atom stereocenters. The third-order valence-corrected chi connectivity index (χ3v) is 4.21. The molecule has 10 heteroatoms. The summed E-state index contributed by atoms with van der Waals surface area (Å²) in [6, 6.07) is 8.39. The molecule has 0 spiro atoms. The molecule has 25 heavy (non-hydrogen) atoms. The SMILES string of the molecule is O=C(O)c1ccc(-c2cccc3[nH]c(S(=O)(=O)O)nc23)cc1C(=O)O. The Bertz CT molecular complexity index is 1130. The molecule has 0 aliphatic rings. The molecule has 0 bridgehead atoms. The van der Waals surface area contributed by atoms with E-state index in [0.29, 0.717) is 16.6 Å². The van der Waals surface area contributed by atoms with Gasteiger partial charge in [0.15, 0.2) is 0 Å². The van der Waals surface area contributed by atoms with Crippen molar-refractivity contribution in [2.75, 3.05) is 0 Å². The lowest BCUT2D eigenvalue weighted by Crippen LogP contribution is -2.08. The number of imidazole rings is 1. The maximum absolute atomic E-state index is 11.3. The molecular formula is C15H10N2O7S. The predicted octanol–water partition coefficient (Wildman–Crippen LogP) is 1.87. The van der Waals surface area contributed by atoms with Crippen LogP contribution in [0.3, 0.4) is 0 Å². The average Bonchev–Trinajstić information content (AvgIpc) is 2.98. The van der Waals surface area contributed by atoms with E-state index in [4.69, 9.17) is 9.66 Å². The summed E-state index contributed by atoms with van der Waals surface area (Å²) in [7, 11) is -4.54. The summed E-state index contributed by atoms with van der Waals surface area (Å²) in [5.41, 5.74) is 0.431. The number of H-pyrrole nitrogens is 1. The number of para-hydroxylation sites is 1. The molecule has 0 amide bonds. The quantitative estimate of drug-likeness (QED) is 0.512. The third kappa shape index (κ3) is 2.95. The Balaban J connectivity index is 2.26. The molecular weight excluding hydrogens is 352 g/mol. The van der Waals surface area contributed by atoms with Crippen molar-refractivity contribution in [2.24, 2.45) is 0 Å². The van der Waals surface area contributed by atoms with E-state index in [1.165, 1.54) is 18.2 Å². The average molecular weight is 362 g/mol. The maximum atomic E-state index is 11.3. The molecule has 0 fully saturated rings. The maximum Gasteiger partial charge on any atom is 0.336 e. The van der Waals surface area contributed by atoms with Crippen molar-refractivity contribution < 1.29 is 32.8 Å². The molecule has 0 saturated heterocycles. The number of nitrogens with one attached hydrogen (secondary N) is 1. The Hall–Kier alpha value is -3.24. The first kappa shape index (κ1) is 16.6. The van der Waals surface area contributed by atoms with E-state index in [2.05, 4.69) is 9.97 Å². The monoisotopic (exact) mass is 362 g/mol. The number of aromatic nitrogens is 2. The smallest absolute Gasteiger partial charge is 0.336 e. The number of fused-ring (bicyclic) bond motifs is 1. The Labute approximate surface area is 140 Å². The van der Waals surface area contributed by atoms with Gasteiger partial charge in [0, 0.05) is 5.56 Å². The van der Waals surface area contributed by atoms with E-state index in [-0.39, 0.29) is 11.1 Å². The highest BCUT2D eigenvalue weighted by atomic mass is 32.2. The molecule has 1 heterocycles. The van der Waals surface area contributed by atoms with Crippen LogP contribution in [-0.4, -0.2) is 45.1 Å². The van der Waals surface area contributed by atoms with Gasteiger partial charge in [-0.05, 0) is 23.8 Å². The van der Waals surface area contributed by atoms with Gasteiger partial charge in [0.2, 0.25) is 0 Å². The molecule has 0 atom stereocenters. The van der Waals surface area contributed by atoms with Crippen molar-refractivity contribution in [2.45, 2.75) is 5.16 Å². The minimum atomic E-state index is -4.54. The highest BCUT2D eigenvalue weighted by Crippen LogP contribution is 2.29. The Morgan fingerprint density at radius 3 is 2.28 bits per heavy atom. The zero-order valence-electron chi connectivity index (χ0n) is 12.3. The van der Waals surface area contributed by atoms with E-state index >= 15 is 0 Å². The fourth-order valence-corrected chi connectivity index (χ4v) is 2.89. The Kier molecular flexibility index (Phi) is 3.78. The van der Waals surface area contributed by atoms with Crippen molar-refractivity contribution in [3.63, 3.8) is 0 Å². The van der Waals surface area contributed by atoms with E-state index in [1.807, 2.05) is 0 Å². The zero-order chi connectivity index (χ0) is 18.4. The second kappa shape index (κ2) is 5.69. The molecule has 1 aromatic heterocycles. The summed E-state index contributed by atoms with van der Waals surface area (Å²) in [6.07, 6.45) is 0. The first-order valence-corrected chi connectivity index (χ1v) is 8.19. The third-order valence-electron chi connectivity index (χ3n) is 3.53. The van der Waals surface area contributed by atoms with Crippen LogP contribution < -0.4 is 0 Å². The molecule has 3 rings (SSSR count). The van der Waals surface area contributed by atoms with Crippen molar-refractivity contribution in [3.05, 3.63) is 47.5 Å². The van der Waals surface area contributed by atoms with E-state index < -0.39 is 32.8 Å². The number of hydrogen-bond donors (Lipinski definition) is 4. The number of benzene rings is 2. The zero-order valence-corrected chi connectivity index (χ0v) is 13.1. The highest BCUT2D eigenvalue weighted by molar-refractivity contribution is 7.85. The van der Waals surface area contributed by atoms with Crippen molar-refractivity contribution in [1.29, 1.82) is 0 Å². The van der Waals surface area contributed by atoms with Crippen LogP contribution in [-0.2, 0) is 10.1 Å². The van der Waals surface area contributed by atoms with Crippen LogP contribution in [0.15, 0.2) is 41.6 Å². The van der Waals surface area contributed by atoms with Crippen LogP contribution in [0.4, 0.5) is 0 Å². The van der Waals surface area contributed by atoms with Crippen molar-refractivity contribution >= 4 is 33.1 Å². The number of hydrogen-bond acceptors (Lipinski definition) is 5. The standard InChI is InChI=1S/C15H10N2O7S/c18-13(19)9-5-4-7(6-10(9)14(20)21)8-2-1-3-11-12(8)17-15(16-11)25(22,23)24/h1-6H,(H,16,17)(H,18,19)(H,20,21)(H,22,23,24). The van der Waals surface area contributed by atoms with Gasteiger partial charge >= 0.3 is 22.1 Å². The molecule has 0 radical (unpaired) electrons. The largest absolute Gasteiger partial charge is 0.478 e. The van der Waals surface area contributed by atoms with Gasteiger partial charge in [-0.1, -0.05) is 18.2 Å². The number of carboxylic acids is 2. The van der Waals surface area contributed by atoms with Crippen LogP contribution in [0.25, 0.3) is 22.2 Å². The lowest BCUT2D eigenvalue weighted by Gasteiger charge is -2.07. The number of aromatic amines is 1. The minimum Gasteiger partial charge on any atom is -0.478 e.